The number of hydrogen-bond acceptors (Lipinski definition) is 3. The van der Waals surface area contributed by atoms with E-state index in [2.05, 4.69) is 6.92 Å². The van der Waals surface area contributed by atoms with E-state index in [1.165, 1.54) is 5.56 Å². The van der Waals surface area contributed by atoms with E-state index in [9.17, 15) is 9.59 Å². The maximum atomic E-state index is 12.6. The van der Waals surface area contributed by atoms with Crippen molar-refractivity contribution in [2.75, 3.05) is 32.8 Å². The molecule has 3 rings (SSSR count). The topological polar surface area (TPSA) is 49.9 Å². The van der Waals surface area contributed by atoms with Crippen molar-refractivity contribution in [1.29, 1.82) is 0 Å². The van der Waals surface area contributed by atoms with E-state index >= 15 is 0 Å². The zero-order chi connectivity index (χ0) is 18.4. The summed E-state index contributed by atoms with van der Waals surface area (Å²) in [7, 11) is 0. The van der Waals surface area contributed by atoms with Crippen LogP contribution in [0.1, 0.15) is 22.8 Å². The Labute approximate surface area is 154 Å². The molecular formula is C21H24N2O3. The van der Waals surface area contributed by atoms with Crippen LogP contribution in [0.15, 0.2) is 54.6 Å². The van der Waals surface area contributed by atoms with Crippen LogP contribution >= 0.6 is 0 Å². The van der Waals surface area contributed by atoms with Crippen molar-refractivity contribution in [2.24, 2.45) is 0 Å². The number of rotatable bonds is 5. The first-order valence-electron chi connectivity index (χ1n) is 9.01. The lowest BCUT2D eigenvalue weighted by Gasteiger charge is -2.34. The molecule has 1 aliphatic rings. The molecule has 1 heterocycles. The fourth-order valence-corrected chi connectivity index (χ4v) is 2.98. The van der Waals surface area contributed by atoms with Crippen molar-refractivity contribution >= 4 is 11.8 Å². The zero-order valence-corrected chi connectivity index (χ0v) is 15.1. The van der Waals surface area contributed by atoms with Crippen molar-refractivity contribution in [3.63, 3.8) is 0 Å². The molecule has 0 atom stereocenters. The summed E-state index contributed by atoms with van der Waals surface area (Å²) in [6.07, 6.45) is 0.959. The van der Waals surface area contributed by atoms with Crippen LogP contribution in [0.2, 0.25) is 0 Å². The Balaban J connectivity index is 1.48. The Kier molecular flexibility index (Phi) is 5.89. The summed E-state index contributed by atoms with van der Waals surface area (Å²) >= 11 is 0. The molecule has 0 unspecified atom stereocenters. The summed E-state index contributed by atoms with van der Waals surface area (Å²) in [6, 6.07) is 17.1. The SMILES string of the molecule is CCc1ccc(C(=O)N2CCN(C(=O)COc3ccccc3)CC2)cc1. The summed E-state index contributed by atoms with van der Waals surface area (Å²) < 4.78 is 5.51. The van der Waals surface area contributed by atoms with Gasteiger partial charge in [-0.15, -0.1) is 0 Å². The van der Waals surface area contributed by atoms with Crippen molar-refractivity contribution in [3.05, 3.63) is 65.7 Å². The molecule has 2 aromatic rings. The quantitative estimate of drug-likeness (QED) is 0.831. The summed E-state index contributed by atoms with van der Waals surface area (Å²) in [5.74, 6) is 0.665. The highest BCUT2D eigenvalue weighted by Gasteiger charge is 2.25. The first-order chi connectivity index (χ1) is 12.7. The second-order valence-electron chi connectivity index (χ2n) is 6.33. The van der Waals surface area contributed by atoms with Gasteiger partial charge in [0.25, 0.3) is 11.8 Å². The molecule has 0 spiro atoms. The third-order valence-electron chi connectivity index (χ3n) is 4.63. The molecule has 2 amide bonds. The van der Waals surface area contributed by atoms with Crippen LogP contribution in [0, 0.1) is 0 Å². The van der Waals surface area contributed by atoms with E-state index in [-0.39, 0.29) is 18.4 Å². The Hall–Kier alpha value is -2.82. The van der Waals surface area contributed by atoms with Gasteiger partial charge in [0.15, 0.2) is 6.61 Å². The van der Waals surface area contributed by atoms with Gasteiger partial charge in [0.2, 0.25) is 0 Å². The average molecular weight is 352 g/mol. The predicted octanol–water partition coefficient (Wildman–Crippen LogP) is 2.61. The van der Waals surface area contributed by atoms with E-state index in [0.29, 0.717) is 37.5 Å². The third kappa shape index (κ3) is 4.42. The number of para-hydroxylation sites is 1. The van der Waals surface area contributed by atoms with Gasteiger partial charge in [-0.3, -0.25) is 9.59 Å². The molecule has 136 valence electrons. The highest BCUT2D eigenvalue weighted by atomic mass is 16.5. The van der Waals surface area contributed by atoms with Crippen LogP contribution in [0.5, 0.6) is 5.75 Å². The van der Waals surface area contributed by atoms with Crippen LogP contribution in [0.25, 0.3) is 0 Å². The van der Waals surface area contributed by atoms with Crippen LogP contribution in [-0.2, 0) is 11.2 Å². The van der Waals surface area contributed by atoms with Crippen LogP contribution in [0.4, 0.5) is 0 Å². The van der Waals surface area contributed by atoms with Gasteiger partial charge in [-0.1, -0.05) is 37.3 Å². The van der Waals surface area contributed by atoms with Gasteiger partial charge >= 0.3 is 0 Å². The van der Waals surface area contributed by atoms with Gasteiger partial charge in [-0.2, -0.15) is 0 Å². The number of hydrogen-bond donors (Lipinski definition) is 0. The lowest BCUT2D eigenvalue weighted by atomic mass is 10.1. The monoisotopic (exact) mass is 352 g/mol. The first kappa shape index (κ1) is 18.0. The largest absolute Gasteiger partial charge is 0.484 e. The Morgan fingerprint density at radius 1 is 0.885 bits per heavy atom. The summed E-state index contributed by atoms with van der Waals surface area (Å²) in [6.45, 7) is 4.29. The van der Waals surface area contributed by atoms with Gasteiger partial charge in [0.05, 0.1) is 0 Å². The van der Waals surface area contributed by atoms with E-state index in [0.717, 1.165) is 6.42 Å². The summed E-state index contributed by atoms with van der Waals surface area (Å²) in [5.41, 5.74) is 1.92. The fraction of sp³-hybridized carbons (Fsp3) is 0.333. The second kappa shape index (κ2) is 8.52. The maximum absolute atomic E-state index is 12.6. The number of amides is 2. The number of ether oxygens (including phenoxy) is 1. The fourth-order valence-electron chi connectivity index (χ4n) is 2.98. The van der Waals surface area contributed by atoms with Crippen molar-refractivity contribution in [1.82, 2.24) is 9.80 Å². The molecule has 0 bridgehead atoms. The Morgan fingerprint density at radius 2 is 1.50 bits per heavy atom. The molecule has 0 N–H and O–H groups in total. The molecule has 2 aromatic carbocycles. The molecule has 26 heavy (non-hydrogen) atoms. The van der Waals surface area contributed by atoms with Crippen molar-refractivity contribution < 1.29 is 14.3 Å². The molecule has 5 nitrogen and oxygen atoms in total. The van der Waals surface area contributed by atoms with Crippen LogP contribution in [0.3, 0.4) is 0 Å². The Bertz CT molecular complexity index is 736. The summed E-state index contributed by atoms with van der Waals surface area (Å²) in [5, 5.41) is 0. The van der Waals surface area contributed by atoms with Gasteiger partial charge in [0.1, 0.15) is 5.75 Å². The van der Waals surface area contributed by atoms with E-state index < -0.39 is 0 Å². The molecule has 1 fully saturated rings. The summed E-state index contributed by atoms with van der Waals surface area (Å²) in [4.78, 5) is 28.4. The predicted molar refractivity (Wildman–Crippen MR) is 100 cm³/mol. The van der Waals surface area contributed by atoms with E-state index in [1.54, 1.807) is 4.90 Å². The number of carbonyl (C=O) groups excluding carboxylic acids is 2. The highest BCUT2D eigenvalue weighted by Crippen LogP contribution is 2.12. The molecule has 1 saturated heterocycles. The second-order valence-corrected chi connectivity index (χ2v) is 6.33. The number of nitrogens with zero attached hydrogens (tertiary/aromatic N) is 2. The van der Waals surface area contributed by atoms with Gasteiger partial charge in [0, 0.05) is 31.7 Å². The molecular weight excluding hydrogens is 328 g/mol. The first-order valence-corrected chi connectivity index (χ1v) is 9.01. The number of benzene rings is 2. The Morgan fingerprint density at radius 3 is 2.12 bits per heavy atom. The maximum Gasteiger partial charge on any atom is 0.260 e. The lowest BCUT2D eigenvalue weighted by Crippen LogP contribution is -2.51. The third-order valence-corrected chi connectivity index (χ3v) is 4.63. The average Bonchev–Trinajstić information content (AvgIpc) is 2.72. The highest BCUT2D eigenvalue weighted by molar-refractivity contribution is 5.94. The molecule has 0 radical (unpaired) electrons. The minimum absolute atomic E-state index is 0.0242. The van der Waals surface area contributed by atoms with Crippen LogP contribution in [-0.4, -0.2) is 54.4 Å². The van der Waals surface area contributed by atoms with Crippen molar-refractivity contribution in [2.45, 2.75) is 13.3 Å². The minimum Gasteiger partial charge on any atom is -0.484 e. The van der Waals surface area contributed by atoms with E-state index in [1.807, 2.05) is 59.5 Å². The molecule has 0 aromatic heterocycles. The van der Waals surface area contributed by atoms with Gasteiger partial charge < -0.3 is 14.5 Å². The normalized spacial score (nSPS) is 14.2. The standard InChI is InChI=1S/C21H24N2O3/c1-2-17-8-10-18(11-9-17)21(25)23-14-12-22(13-15-23)20(24)16-26-19-6-4-3-5-7-19/h3-11H,2,12-16H2,1H3. The number of piperazine rings is 1. The zero-order valence-electron chi connectivity index (χ0n) is 15.1. The number of aryl methyl sites for hydroxylation is 1. The van der Waals surface area contributed by atoms with Crippen molar-refractivity contribution in [3.8, 4) is 5.75 Å². The smallest absolute Gasteiger partial charge is 0.260 e. The molecule has 0 aliphatic carbocycles. The van der Waals surface area contributed by atoms with Gasteiger partial charge in [-0.05, 0) is 36.2 Å². The van der Waals surface area contributed by atoms with E-state index in [4.69, 9.17) is 4.74 Å². The van der Waals surface area contributed by atoms with Gasteiger partial charge in [-0.25, -0.2) is 0 Å². The molecule has 1 aliphatic heterocycles. The number of carbonyl (C=O) groups is 2. The van der Waals surface area contributed by atoms with Crippen LogP contribution < -0.4 is 4.74 Å². The lowest BCUT2D eigenvalue weighted by molar-refractivity contribution is -0.134. The molecule has 0 saturated carbocycles. The minimum atomic E-state index is -0.0479. The molecule has 5 heteroatoms.